The lowest BCUT2D eigenvalue weighted by Gasteiger charge is -2.19. The monoisotopic (exact) mass is 377 g/mol. The zero-order chi connectivity index (χ0) is 18.8. The number of anilines is 1. The first kappa shape index (κ1) is 17.9. The first-order valence-corrected chi connectivity index (χ1v) is 8.70. The van der Waals surface area contributed by atoms with Crippen molar-refractivity contribution in [3.63, 3.8) is 0 Å². The van der Waals surface area contributed by atoms with Gasteiger partial charge in [-0.05, 0) is 23.9 Å². The molecular formula is C16H15N3O6S. The molecule has 26 heavy (non-hydrogen) atoms. The summed E-state index contributed by atoms with van der Waals surface area (Å²) in [6, 6.07) is 6.06. The molecule has 10 heteroatoms. The third kappa shape index (κ3) is 3.40. The van der Waals surface area contributed by atoms with Crippen molar-refractivity contribution in [3.8, 4) is 0 Å². The number of carbonyl (C=O) groups is 5. The van der Waals surface area contributed by atoms with E-state index in [1.807, 2.05) is 0 Å². The molecule has 0 saturated carbocycles. The minimum absolute atomic E-state index is 0.0138. The summed E-state index contributed by atoms with van der Waals surface area (Å²) >= 11 is 0.726. The number of benzene rings is 1. The van der Waals surface area contributed by atoms with Gasteiger partial charge in [0.05, 0.1) is 5.56 Å². The summed E-state index contributed by atoms with van der Waals surface area (Å²) in [6.07, 6.45) is 0.289. The molecule has 2 fully saturated rings. The van der Waals surface area contributed by atoms with Crippen LogP contribution < -0.4 is 5.32 Å². The summed E-state index contributed by atoms with van der Waals surface area (Å²) < 4.78 is 0. The Kier molecular flexibility index (Phi) is 4.94. The maximum atomic E-state index is 12.5. The normalized spacial score (nSPS) is 20.2. The topological polar surface area (TPSA) is 124 Å². The average molecular weight is 377 g/mol. The van der Waals surface area contributed by atoms with Crippen LogP contribution in [0.1, 0.15) is 23.2 Å². The number of rotatable bonds is 6. The van der Waals surface area contributed by atoms with Gasteiger partial charge in [0.2, 0.25) is 11.8 Å². The molecule has 1 unspecified atom stereocenters. The summed E-state index contributed by atoms with van der Waals surface area (Å²) in [7, 11) is 0. The lowest BCUT2D eigenvalue weighted by Crippen LogP contribution is -2.41. The van der Waals surface area contributed by atoms with Crippen molar-refractivity contribution in [2.75, 3.05) is 18.4 Å². The van der Waals surface area contributed by atoms with Crippen molar-refractivity contribution in [3.05, 3.63) is 29.8 Å². The van der Waals surface area contributed by atoms with E-state index in [0.717, 1.165) is 21.6 Å². The number of imide groups is 2. The van der Waals surface area contributed by atoms with Gasteiger partial charge in [0.1, 0.15) is 0 Å². The molecule has 0 bridgehead atoms. The Morgan fingerprint density at radius 1 is 1.08 bits per heavy atom. The van der Waals surface area contributed by atoms with Crippen LogP contribution in [-0.4, -0.2) is 62.3 Å². The van der Waals surface area contributed by atoms with E-state index in [0.29, 0.717) is 0 Å². The van der Waals surface area contributed by atoms with Gasteiger partial charge < -0.3 is 10.4 Å². The van der Waals surface area contributed by atoms with Gasteiger partial charge in [-0.3, -0.25) is 29.0 Å². The van der Waals surface area contributed by atoms with Gasteiger partial charge >= 0.3 is 5.97 Å². The molecule has 0 aromatic heterocycles. The minimum atomic E-state index is -1.15. The number of nitrogens with one attached hydrogen (secondary N) is 1. The Bertz CT molecular complexity index is 795. The number of carbonyl (C=O) groups excluding carboxylic acids is 4. The average Bonchev–Trinajstić information content (AvgIpc) is 3.06. The maximum absolute atomic E-state index is 12.5. The number of likely N-dealkylation sites (tertiary alicyclic amines) is 1. The molecule has 2 aliphatic rings. The highest BCUT2D eigenvalue weighted by atomic mass is 32.2. The molecule has 3 rings (SSSR count). The van der Waals surface area contributed by atoms with Crippen LogP contribution in [0.2, 0.25) is 0 Å². The van der Waals surface area contributed by atoms with Crippen molar-refractivity contribution >= 4 is 46.4 Å². The van der Waals surface area contributed by atoms with Crippen LogP contribution >= 0.6 is 11.8 Å². The van der Waals surface area contributed by atoms with Crippen molar-refractivity contribution in [2.45, 2.75) is 18.2 Å². The number of thioether (sulfide) groups is 1. The van der Waals surface area contributed by atoms with Crippen LogP contribution in [0.4, 0.5) is 10.5 Å². The zero-order valence-electron chi connectivity index (χ0n) is 13.5. The molecule has 2 aliphatic heterocycles. The Morgan fingerprint density at radius 3 is 2.35 bits per heavy atom. The summed E-state index contributed by atoms with van der Waals surface area (Å²) in [6.45, 7) is -0.116. The minimum Gasteiger partial charge on any atom is -0.478 e. The zero-order valence-corrected chi connectivity index (χ0v) is 14.3. The molecule has 0 spiro atoms. The molecule has 0 radical (unpaired) electrons. The standard InChI is InChI=1S/C16H15N3O6S/c20-11-5-6-12(21)18(11)7-8-19-14(22)13(26-16(19)25)17-10-4-2-1-3-9(10)15(23)24/h1-4,13,17H,5-8H2,(H,23,24). The first-order valence-electron chi connectivity index (χ1n) is 7.82. The van der Waals surface area contributed by atoms with Gasteiger partial charge in [-0.15, -0.1) is 0 Å². The van der Waals surface area contributed by atoms with Crippen molar-refractivity contribution in [1.82, 2.24) is 9.80 Å². The number of carboxylic acids is 1. The van der Waals surface area contributed by atoms with Crippen LogP contribution in [0.3, 0.4) is 0 Å². The maximum Gasteiger partial charge on any atom is 0.337 e. The number of carboxylic acid groups (broad SMARTS) is 1. The second-order valence-electron chi connectivity index (χ2n) is 5.69. The molecule has 2 N–H and O–H groups in total. The van der Waals surface area contributed by atoms with Gasteiger partial charge in [0.15, 0.2) is 5.37 Å². The molecule has 1 aromatic carbocycles. The lowest BCUT2D eigenvalue weighted by atomic mass is 10.2. The van der Waals surface area contributed by atoms with Gasteiger partial charge in [0.25, 0.3) is 11.1 Å². The molecule has 0 aliphatic carbocycles. The molecule has 9 nitrogen and oxygen atoms in total. The Morgan fingerprint density at radius 2 is 1.69 bits per heavy atom. The lowest BCUT2D eigenvalue weighted by molar-refractivity contribution is -0.139. The van der Waals surface area contributed by atoms with Crippen LogP contribution in [0.15, 0.2) is 24.3 Å². The number of hydrogen-bond acceptors (Lipinski definition) is 7. The predicted molar refractivity (Wildman–Crippen MR) is 91.5 cm³/mol. The number of para-hydroxylation sites is 1. The van der Waals surface area contributed by atoms with Gasteiger partial charge in [-0.1, -0.05) is 12.1 Å². The van der Waals surface area contributed by atoms with E-state index in [9.17, 15) is 29.1 Å². The molecule has 2 saturated heterocycles. The number of hydrogen-bond donors (Lipinski definition) is 2. The quantitative estimate of drug-likeness (QED) is 0.703. The van der Waals surface area contributed by atoms with Crippen molar-refractivity contribution < 1.29 is 29.1 Å². The summed E-state index contributed by atoms with van der Waals surface area (Å²) in [4.78, 5) is 61.0. The summed E-state index contributed by atoms with van der Waals surface area (Å²) in [5.41, 5.74) is 0.213. The Hall–Kier alpha value is -2.88. The fourth-order valence-corrected chi connectivity index (χ4v) is 3.67. The SMILES string of the molecule is O=C(O)c1ccccc1NC1SC(=O)N(CCN2C(=O)CCC2=O)C1=O. The highest BCUT2D eigenvalue weighted by Gasteiger charge is 2.41. The Balaban J connectivity index is 1.67. The molecule has 2 heterocycles. The van der Waals surface area contributed by atoms with Crippen molar-refractivity contribution in [2.24, 2.45) is 0 Å². The van der Waals surface area contributed by atoms with Crippen LogP contribution in [0.25, 0.3) is 0 Å². The second kappa shape index (κ2) is 7.16. The van der Waals surface area contributed by atoms with E-state index in [1.165, 1.54) is 12.1 Å². The second-order valence-corrected chi connectivity index (χ2v) is 6.74. The highest BCUT2D eigenvalue weighted by molar-refractivity contribution is 8.15. The van der Waals surface area contributed by atoms with E-state index in [1.54, 1.807) is 12.1 Å². The fraction of sp³-hybridized carbons (Fsp3) is 0.312. The van der Waals surface area contributed by atoms with Gasteiger partial charge in [-0.25, -0.2) is 4.79 Å². The highest BCUT2D eigenvalue weighted by Crippen LogP contribution is 2.29. The van der Waals surface area contributed by atoms with E-state index >= 15 is 0 Å². The Labute approximate surface area is 152 Å². The van der Waals surface area contributed by atoms with Crippen LogP contribution in [-0.2, 0) is 14.4 Å². The number of nitrogens with zero attached hydrogens (tertiary/aromatic N) is 2. The summed E-state index contributed by atoms with van der Waals surface area (Å²) in [5, 5.41) is 10.5. The molecule has 1 aromatic rings. The van der Waals surface area contributed by atoms with Gasteiger partial charge in [-0.2, -0.15) is 0 Å². The number of amides is 4. The first-order chi connectivity index (χ1) is 12.4. The van der Waals surface area contributed by atoms with Crippen LogP contribution in [0.5, 0.6) is 0 Å². The largest absolute Gasteiger partial charge is 0.478 e. The molecule has 4 amide bonds. The van der Waals surface area contributed by atoms with E-state index in [4.69, 9.17) is 0 Å². The fourth-order valence-electron chi connectivity index (χ4n) is 2.75. The van der Waals surface area contributed by atoms with E-state index in [-0.39, 0.29) is 49.0 Å². The number of aromatic carboxylic acids is 1. The third-order valence-electron chi connectivity index (χ3n) is 4.08. The molecule has 136 valence electrons. The van der Waals surface area contributed by atoms with Crippen LogP contribution in [0, 0.1) is 0 Å². The van der Waals surface area contributed by atoms with E-state index < -0.39 is 22.5 Å². The predicted octanol–water partition coefficient (Wildman–Crippen LogP) is 0.967. The summed E-state index contributed by atoms with van der Waals surface area (Å²) in [5.74, 6) is -2.32. The molecular weight excluding hydrogens is 362 g/mol. The van der Waals surface area contributed by atoms with E-state index in [2.05, 4.69) is 5.32 Å². The molecule has 1 atom stereocenters. The third-order valence-corrected chi connectivity index (χ3v) is 5.05. The smallest absolute Gasteiger partial charge is 0.337 e. The van der Waals surface area contributed by atoms with Gasteiger partial charge in [0, 0.05) is 31.6 Å². The van der Waals surface area contributed by atoms with Crippen molar-refractivity contribution in [1.29, 1.82) is 0 Å².